The van der Waals surface area contributed by atoms with E-state index >= 15 is 14.4 Å². The minimum Gasteiger partial charge on any atom is -0.390 e. The molecule has 0 radical (unpaired) electrons. The lowest BCUT2D eigenvalue weighted by Gasteiger charge is -2.41. The Hall–Kier alpha value is -6.13. The molecule has 0 aliphatic carbocycles. The zero-order valence-electron chi connectivity index (χ0n) is 66.1. The predicted octanol–water partition coefficient (Wildman–Crippen LogP) is 3.27. The summed E-state index contributed by atoms with van der Waals surface area (Å²) < 4.78 is 99.2. The fourth-order valence-corrected chi connectivity index (χ4v) is 10.2. The van der Waals surface area contributed by atoms with Crippen molar-refractivity contribution in [3.8, 4) is 0 Å². The van der Waals surface area contributed by atoms with Crippen LogP contribution in [0.1, 0.15) is 172 Å². The Morgan fingerprint density at radius 3 is 1.41 bits per heavy atom. The molecule has 0 aromatic rings. The van der Waals surface area contributed by atoms with Gasteiger partial charge in [0.1, 0.15) is 60.4 Å². The van der Waals surface area contributed by atoms with Crippen LogP contribution in [0.15, 0.2) is 12.2 Å². The van der Waals surface area contributed by atoms with E-state index in [1.807, 2.05) is 0 Å². The van der Waals surface area contributed by atoms with E-state index in [0.29, 0.717) is 0 Å². The Balaban J connectivity index is 4.64. The second-order valence-corrected chi connectivity index (χ2v) is 24.4. The third-order valence-corrected chi connectivity index (χ3v) is 15.6. The Labute approximate surface area is 525 Å². The lowest BCUT2D eigenvalue weighted by Crippen LogP contribution is -2.63. The van der Waals surface area contributed by atoms with Crippen LogP contribution in [0, 0.1) is 41.4 Å². The van der Waals surface area contributed by atoms with E-state index < -0.39 is 214 Å². The van der Waals surface area contributed by atoms with Crippen molar-refractivity contribution in [1.29, 1.82) is 0 Å². The summed E-state index contributed by atoms with van der Waals surface area (Å²) in [7, 11) is 8.20. The highest BCUT2D eigenvalue weighted by atomic mass is 16.3. The first-order valence-corrected chi connectivity index (χ1v) is 29.4. The molecule has 23 nitrogen and oxygen atoms in total. The van der Waals surface area contributed by atoms with E-state index in [2.05, 4.69) is 21.3 Å². The van der Waals surface area contributed by atoms with E-state index in [9.17, 15) is 43.5 Å². The molecule has 1 rings (SSSR count). The zero-order valence-corrected chi connectivity index (χ0v) is 54.1. The van der Waals surface area contributed by atoms with E-state index in [4.69, 9.17) is 16.4 Å². The van der Waals surface area contributed by atoms with Gasteiger partial charge in [0, 0.05) is 65.8 Å². The molecule has 23 heteroatoms. The van der Waals surface area contributed by atoms with Crippen molar-refractivity contribution in [2.75, 3.05) is 55.9 Å². The van der Waals surface area contributed by atoms with Crippen molar-refractivity contribution in [3.05, 3.63) is 12.2 Å². The van der Waals surface area contributed by atoms with Crippen LogP contribution in [0.2, 0.25) is 0 Å². The van der Waals surface area contributed by atoms with Crippen LogP contribution in [0.5, 0.6) is 0 Å². The second-order valence-electron chi connectivity index (χ2n) is 24.4. The number of allylic oxidation sites excluding steroid dienone is 2. The van der Waals surface area contributed by atoms with Crippen LogP contribution in [0.25, 0.3) is 0 Å². The number of hydrogen-bond acceptors (Lipinski definition) is 12. The summed E-state index contributed by atoms with van der Waals surface area (Å²) in [5.74, 6) is -18.8. The maximum atomic E-state index is 15.4. The number of aliphatic hydroxyl groups is 1. The smallest absolute Gasteiger partial charge is 0.246 e. The van der Waals surface area contributed by atoms with Gasteiger partial charge in [-0.25, -0.2) is 0 Å². The molecular weight excluding hydrogens is 1090 g/mol. The summed E-state index contributed by atoms with van der Waals surface area (Å²) in [5.41, 5.74) is 0. The molecule has 5 N–H and O–H groups in total. The van der Waals surface area contributed by atoms with Gasteiger partial charge in [0.2, 0.25) is 65.0 Å². The number of nitrogens with one attached hydrogen (secondary N) is 4. The monoisotopic (exact) mass is 1210 g/mol. The molecule has 486 valence electrons. The van der Waals surface area contributed by atoms with Crippen LogP contribution in [0.3, 0.4) is 0 Å². The molecule has 1 aliphatic heterocycles. The zero-order chi connectivity index (χ0) is 76.0. The number of aliphatic hydroxyl groups excluding tert-OH is 1. The van der Waals surface area contributed by atoms with Crippen LogP contribution >= 0.6 is 0 Å². The normalized spacial score (nSPS) is 29.6. The van der Waals surface area contributed by atoms with Crippen molar-refractivity contribution in [2.24, 2.45) is 41.4 Å². The van der Waals surface area contributed by atoms with E-state index in [-0.39, 0.29) is 31.6 Å². The van der Waals surface area contributed by atoms with Crippen LogP contribution in [0.4, 0.5) is 0 Å². The van der Waals surface area contributed by atoms with Gasteiger partial charge in [-0.3, -0.25) is 52.7 Å². The summed E-state index contributed by atoms with van der Waals surface area (Å²) in [6.07, 6.45) is -0.524. The summed E-state index contributed by atoms with van der Waals surface area (Å²) in [4.78, 5) is 169. The van der Waals surface area contributed by atoms with E-state index in [0.717, 1.165) is 62.4 Å². The van der Waals surface area contributed by atoms with Crippen molar-refractivity contribution < 1.29 is 74.3 Å². The first-order valence-electron chi connectivity index (χ1n) is 35.4. The number of rotatable bonds is 15. The van der Waals surface area contributed by atoms with Gasteiger partial charge in [0.15, 0.2) is 0 Å². The van der Waals surface area contributed by atoms with Crippen LogP contribution in [-0.2, 0) is 52.7 Å². The topological polar surface area (TPSA) is 279 Å². The number of hydrogen-bond donors (Lipinski definition) is 5. The molecule has 1 fully saturated rings. The lowest BCUT2D eigenvalue weighted by molar-refractivity contribution is -0.157. The van der Waals surface area contributed by atoms with Crippen molar-refractivity contribution in [3.63, 3.8) is 0 Å². The Morgan fingerprint density at radius 1 is 0.494 bits per heavy atom. The molecule has 0 spiro atoms. The van der Waals surface area contributed by atoms with Gasteiger partial charge in [-0.1, -0.05) is 109 Å². The van der Waals surface area contributed by atoms with Gasteiger partial charge in [-0.2, -0.15) is 0 Å². The van der Waals surface area contributed by atoms with Gasteiger partial charge in [0.25, 0.3) is 0 Å². The standard InChI is InChI=1S/C62H111N11O12/c1-25-27-28-40(15)52(75)51-56(79)65-43(26-2)58(81)67(18)33-48(74)68(19)44(29-34(3)4)55(78)66-49(38(11)12)61(84)69(20)45(30-35(5)6)54(77)63-41(16)53(76)64-42(17)57(80)70(21)46(31-36(7)8)59(82)71(22)47(32-37(9)10)60(83)72(23)50(39(13)14)62(85)73(51)24/h25,27,34-47,49-52,75H,26,28-33H2,1-24H3,(H,63,77)(H,64,76)(H,65,79)(H,66,78)/b27-25+/t40-,41+,42-,43+,44+,45+,46+,47+,49+,50+,51+,52-/m1/s1/i5D3,6D3,9D3,10D3. The van der Waals surface area contributed by atoms with Crippen molar-refractivity contribution in [1.82, 2.24) is 55.6 Å². The summed E-state index contributed by atoms with van der Waals surface area (Å²) >= 11 is 0. The second kappa shape index (κ2) is 34.9. The largest absolute Gasteiger partial charge is 0.390 e. The summed E-state index contributed by atoms with van der Waals surface area (Å²) in [5, 5.41) is 22.3. The molecule has 1 saturated heterocycles. The maximum absolute atomic E-state index is 15.4. The highest BCUT2D eigenvalue weighted by molar-refractivity contribution is 5.99. The number of carbonyl (C=O) groups excluding carboxylic acids is 11. The Morgan fingerprint density at radius 2 is 0.929 bits per heavy atom. The van der Waals surface area contributed by atoms with Gasteiger partial charge >= 0.3 is 0 Å². The SMILES string of the molecule is [2H]C([2H])([2H])C(C[C@H]1C(=O)N[C@@H](C)C(=O)N[C@H](C)C(=O)N(C)[C@@H](CC(C)C)C(=O)N(C)[C@@H](CC(C([2H])([2H])[2H])C([2H])([2H])[2H])C(=O)N(C)[C@@H](C(C)C)C(=O)N(C)[C@@H]([C@H](O)[C@H](C)C/C=C/C)C(=O)N[C@@H](CC)C(=O)N(C)CC(=O)N(C)[C@@H](CC(C)C)C(=O)N[C@@H](C(C)C)C(=O)N1C)C([2H])([2H])[2H]. The molecule has 0 unspecified atom stereocenters. The molecule has 11 amide bonds. The van der Waals surface area contributed by atoms with Gasteiger partial charge in [-0.05, 0) is 101 Å². The first-order chi connectivity index (χ1) is 44.1. The van der Waals surface area contributed by atoms with Crippen molar-refractivity contribution >= 4 is 65.0 Å². The van der Waals surface area contributed by atoms with Gasteiger partial charge in [-0.15, -0.1) is 0 Å². The third-order valence-electron chi connectivity index (χ3n) is 15.6. The molecule has 0 bridgehead atoms. The molecular formula is C62H111N11O12. The van der Waals surface area contributed by atoms with E-state index in [1.165, 1.54) is 69.7 Å². The number of likely N-dealkylation sites (N-methyl/N-ethyl adjacent to an activating group) is 7. The number of carbonyl (C=O) groups is 11. The molecule has 85 heavy (non-hydrogen) atoms. The molecule has 0 saturated carbocycles. The van der Waals surface area contributed by atoms with Crippen LogP contribution < -0.4 is 21.3 Å². The number of nitrogens with zero attached hydrogens (tertiary/aromatic N) is 7. The summed E-state index contributed by atoms with van der Waals surface area (Å²) in [6.45, 7) is 6.39. The average molecular weight is 1210 g/mol. The highest BCUT2D eigenvalue weighted by Crippen LogP contribution is 2.26. The van der Waals surface area contributed by atoms with Gasteiger partial charge in [0.05, 0.1) is 12.6 Å². The quantitative estimate of drug-likeness (QED) is 0.148. The van der Waals surface area contributed by atoms with E-state index in [1.54, 1.807) is 53.7 Å². The fraction of sp³-hybridized carbons (Fsp3) is 0.790. The highest BCUT2D eigenvalue weighted by Gasteiger charge is 2.45. The maximum Gasteiger partial charge on any atom is 0.246 e. The van der Waals surface area contributed by atoms with Gasteiger partial charge < -0.3 is 60.7 Å². The van der Waals surface area contributed by atoms with Crippen LogP contribution in [-0.4, -0.2) is 227 Å². The lowest BCUT2D eigenvalue weighted by atomic mass is 9.91. The molecule has 1 heterocycles. The molecule has 0 aromatic carbocycles. The Bertz CT molecular complexity index is 2740. The Kier molecular flexibility index (Phi) is 23.8. The predicted molar refractivity (Wildman–Crippen MR) is 328 cm³/mol. The first kappa shape index (κ1) is 57.9. The molecule has 12 atom stereocenters. The summed E-state index contributed by atoms with van der Waals surface area (Å²) in [6, 6.07) is -16.5. The molecule has 0 aromatic heterocycles. The van der Waals surface area contributed by atoms with Crippen molar-refractivity contribution in [2.45, 2.75) is 222 Å². The minimum atomic E-state index is -3.29. The molecule has 1 aliphatic rings. The third kappa shape index (κ3) is 21.7. The average Bonchev–Trinajstić information content (AvgIpc) is 0.805. The number of amides is 11. The minimum absolute atomic E-state index is 0.0212. The fourth-order valence-electron chi connectivity index (χ4n) is 10.2.